The number of halogens is 1. The third-order valence-corrected chi connectivity index (χ3v) is 2.99. The molecular weight excluding hydrogens is 255 g/mol. The number of non-ortho nitro benzene ring substituents is 1. The summed E-state index contributed by atoms with van der Waals surface area (Å²) in [5.74, 6) is -0.663. The van der Waals surface area contributed by atoms with Gasteiger partial charge in [-0.25, -0.2) is 9.18 Å². The van der Waals surface area contributed by atoms with E-state index in [4.69, 9.17) is 5.11 Å². The predicted octanol–water partition coefficient (Wildman–Crippen LogP) is 2.50. The molecule has 0 aromatic heterocycles. The molecule has 0 aliphatic carbocycles. The van der Waals surface area contributed by atoms with Gasteiger partial charge in [-0.15, -0.1) is 0 Å². The Balaban J connectivity index is 2.24. The summed E-state index contributed by atoms with van der Waals surface area (Å²) in [7, 11) is 0. The van der Waals surface area contributed by atoms with Crippen LogP contribution in [0.25, 0.3) is 5.57 Å². The van der Waals surface area contributed by atoms with Crippen molar-refractivity contribution < 1.29 is 19.2 Å². The predicted molar refractivity (Wildman–Crippen MR) is 65.2 cm³/mol. The van der Waals surface area contributed by atoms with Crippen molar-refractivity contribution in [1.29, 1.82) is 0 Å². The third kappa shape index (κ3) is 2.70. The summed E-state index contributed by atoms with van der Waals surface area (Å²) in [5.41, 5.74) is 0.658. The van der Waals surface area contributed by atoms with Gasteiger partial charge in [-0.2, -0.15) is 0 Å². The van der Waals surface area contributed by atoms with Crippen LogP contribution in [0.2, 0.25) is 0 Å². The summed E-state index contributed by atoms with van der Waals surface area (Å²) in [5, 5.41) is 19.3. The zero-order chi connectivity index (χ0) is 14.0. The fraction of sp³-hybridized carbons (Fsp3) is 0.250. The van der Waals surface area contributed by atoms with Gasteiger partial charge in [-0.1, -0.05) is 6.08 Å². The van der Waals surface area contributed by atoms with Crippen LogP contribution in [0.4, 0.5) is 14.9 Å². The van der Waals surface area contributed by atoms with Crippen LogP contribution in [-0.4, -0.2) is 34.1 Å². The summed E-state index contributed by atoms with van der Waals surface area (Å²) in [6.45, 7) is 0.485. The van der Waals surface area contributed by atoms with E-state index in [0.717, 1.165) is 6.07 Å². The van der Waals surface area contributed by atoms with E-state index in [1.54, 1.807) is 6.08 Å². The van der Waals surface area contributed by atoms with E-state index in [9.17, 15) is 19.3 Å². The Morgan fingerprint density at radius 2 is 2.21 bits per heavy atom. The highest BCUT2D eigenvalue weighted by Crippen LogP contribution is 2.27. The number of carboxylic acid groups (broad SMARTS) is 1. The maximum atomic E-state index is 13.8. The van der Waals surface area contributed by atoms with Gasteiger partial charge in [0.15, 0.2) is 0 Å². The van der Waals surface area contributed by atoms with Gasteiger partial charge in [0.1, 0.15) is 5.82 Å². The van der Waals surface area contributed by atoms with Gasteiger partial charge in [-0.05, 0) is 18.1 Å². The molecule has 0 atom stereocenters. The Hall–Kier alpha value is -2.44. The number of nitro benzene ring substituents is 1. The van der Waals surface area contributed by atoms with Gasteiger partial charge >= 0.3 is 6.09 Å². The first kappa shape index (κ1) is 13.0. The number of benzene rings is 1. The molecule has 100 valence electrons. The highest BCUT2D eigenvalue weighted by molar-refractivity contribution is 5.71. The maximum absolute atomic E-state index is 13.8. The number of amides is 1. The van der Waals surface area contributed by atoms with Crippen molar-refractivity contribution in [2.45, 2.75) is 6.42 Å². The molecule has 1 amide bonds. The maximum Gasteiger partial charge on any atom is 0.407 e. The molecule has 2 rings (SSSR count). The quantitative estimate of drug-likeness (QED) is 0.658. The van der Waals surface area contributed by atoms with Crippen molar-refractivity contribution in [3.63, 3.8) is 0 Å². The van der Waals surface area contributed by atoms with Crippen molar-refractivity contribution in [2.24, 2.45) is 0 Å². The van der Waals surface area contributed by atoms with Crippen LogP contribution in [-0.2, 0) is 0 Å². The molecule has 0 fully saturated rings. The van der Waals surface area contributed by atoms with Crippen molar-refractivity contribution in [2.75, 3.05) is 13.1 Å². The molecule has 1 heterocycles. The highest BCUT2D eigenvalue weighted by atomic mass is 19.1. The minimum Gasteiger partial charge on any atom is -0.465 e. The van der Waals surface area contributed by atoms with Crippen LogP contribution in [0.1, 0.15) is 12.0 Å². The summed E-state index contributed by atoms with van der Waals surface area (Å²) in [6, 6.07) is 3.47. The lowest BCUT2D eigenvalue weighted by atomic mass is 9.99. The molecule has 19 heavy (non-hydrogen) atoms. The van der Waals surface area contributed by atoms with Gasteiger partial charge in [0.25, 0.3) is 5.69 Å². The van der Waals surface area contributed by atoms with E-state index < -0.39 is 16.8 Å². The van der Waals surface area contributed by atoms with E-state index in [0.29, 0.717) is 12.0 Å². The Morgan fingerprint density at radius 1 is 1.47 bits per heavy atom. The fourth-order valence-corrected chi connectivity index (χ4v) is 1.97. The molecule has 1 N–H and O–H groups in total. The molecule has 1 aromatic carbocycles. The molecule has 7 heteroatoms. The molecule has 0 bridgehead atoms. The molecule has 1 aromatic rings. The first-order valence-corrected chi connectivity index (χ1v) is 5.60. The topological polar surface area (TPSA) is 83.7 Å². The molecule has 0 radical (unpaired) electrons. The summed E-state index contributed by atoms with van der Waals surface area (Å²) in [4.78, 5) is 21.8. The van der Waals surface area contributed by atoms with Crippen molar-refractivity contribution in [3.8, 4) is 0 Å². The monoisotopic (exact) mass is 266 g/mol. The number of carbonyl (C=O) groups is 1. The van der Waals surface area contributed by atoms with Crippen LogP contribution >= 0.6 is 0 Å². The van der Waals surface area contributed by atoms with Crippen LogP contribution < -0.4 is 0 Å². The van der Waals surface area contributed by atoms with E-state index >= 15 is 0 Å². The Bertz CT molecular complexity index is 571. The smallest absolute Gasteiger partial charge is 0.407 e. The molecule has 0 unspecified atom stereocenters. The second kappa shape index (κ2) is 5.05. The average molecular weight is 266 g/mol. The zero-order valence-corrected chi connectivity index (χ0v) is 9.88. The highest BCUT2D eigenvalue weighted by Gasteiger charge is 2.19. The molecule has 6 nitrogen and oxygen atoms in total. The Labute approximate surface area is 107 Å². The van der Waals surface area contributed by atoms with Gasteiger partial charge in [0.2, 0.25) is 0 Å². The van der Waals surface area contributed by atoms with Crippen LogP contribution in [0.5, 0.6) is 0 Å². The average Bonchev–Trinajstić information content (AvgIpc) is 2.38. The molecule has 0 spiro atoms. The first-order chi connectivity index (χ1) is 8.99. The van der Waals surface area contributed by atoms with E-state index in [-0.39, 0.29) is 24.3 Å². The number of hydrogen-bond donors (Lipinski definition) is 1. The third-order valence-electron chi connectivity index (χ3n) is 2.99. The number of rotatable bonds is 2. The summed E-state index contributed by atoms with van der Waals surface area (Å²) >= 11 is 0. The Morgan fingerprint density at radius 3 is 2.68 bits per heavy atom. The number of nitrogens with zero attached hydrogens (tertiary/aromatic N) is 2. The number of hydrogen-bond acceptors (Lipinski definition) is 3. The van der Waals surface area contributed by atoms with Crippen LogP contribution in [0, 0.1) is 15.9 Å². The minimum atomic E-state index is -1.01. The molecule has 1 aliphatic rings. The van der Waals surface area contributed by atoms with Gasteiger partial charge < -0.3 is 10.0 Å². The lowest BCUT2D eigenvalue weighted by molar-refractivity contribution is -0.385. The van der Waals surface area contributed by atoms with E-state index in [1.165, 1.54) is 17.0 Å². The van der Waals surface area contributed by atoms with Gasteiger partial charge in [0.05, 0.1) is 11.0 Å². The van der Waals surface area contributed by atoms with E-state index in [2.05, 4.69) is 0 Å². The molecule has 1 aliphatic heterocycles. The zero-order valence-electron chi connectivity index (χ0n) is 9.88. The van der Waals surface area contributed by atoms with Crippen LogP contribution in [0.3, 0.4) is 0 Å². The fourth-order valence-electron chi connectivity index (χ4n) is 1.97. The van der Waals surface area contributed by atoms with Gasteiger partial charge in [-0.3, -0.25) is 10.1 Å². The first-order valence-electron chi connectivity index (χ1n) is 5.60. The minimum absolute atomic E-state index is 0.196. The lowest BCUT2D eigenvalue weighted by Gasteiger charge is -2.23. The molecular formula is C12H11FN2O4. The Kier molecular flexibility index (Phi) is 3.46. The second-order valence-electron chi connectivity index (χ2n) is 4.13. The van der Waals surface area contributed by atoms with E-state index in [1.807, 2.05) is 0 Å². The second-order valence-corrected chi connectivity index (χ2v) is 4.13. The molecule has 0 saturated heterocycles. The van der Waals surface area contributed by atoms with Crippen molar-refractivity contribution >= 4 is 17.4 Å². The SMILES string of the molecule is O=C(O)N1CC=C(c2ccc([N+](=O)[O-])cc2F)CC1. The summed E-state index contributed by atoms with van der Waals surface area (Å²) in [6.07, 6.45) is 1.00. The number of nitro groups is 1. The van der Waals surface area contributed by atoms with Crippen LogP contribution in [0.15, 0.2) is 24.3 Å². The standard InChI is InChI=1S/C12H11FN2O4/c13-11-7-9(15(18)19)1-2-10(11)8-3-5-14(6-4-8)12(16)17/h1-3,7H,4-6H2,(H,16,17). The van der Waals surface area contributed by atoms with Gasteiger partial charge in [0, 0.05) is 24.7 Å². The largest absolute Gasteiger partial charge is 0.465 e. The molecule has 0 saturated carbocycles. The summed E-state index contributed by atoms with van der Waals surface area (Å²) < 4.78 is 13.8. The van der Waals surface area contributed by atoms with Crippen molar-refractivity contribution in [3.05, 3.63) is 45.8 Å². The van der Waals surface area contributed by atoms with Crippen molar-refractivity contribution in [1.82, 2.24) is 4.90 Å². The lowest BCUT2D eigenvalue weighted by Crippen LogP contribution is -2.33. The normalized spacial score (nSPS) is 15.0.